The van der Waals surface area contributed by atoms with Crippen LogP contribution in [0.4, 0.5) is 5.82 Å². The van der Waals surface area contributed by atoms with E-state index in [9.17, 15) is 4.79 Å². The van der Waals surface area contributed by atoms with Gasteiger partial charge in [-0.2, -0.15) is 5.10 Å². The average Bonchev–Trinajstić information content (AvgIpc) is 2.44. The normalized spacial score (nSPS) is 22.1. The summed E-state index contributed by atoms with van der Waals surface area (Å²) in [5, 5.41) is 7.19. The van der Waals surface area contributed by atoms with Crippen LogP contribution in [0.25, 0.3) is 0 Å². The summed E-state index contributed by atoms with van der Waals surface area (Å²) in [6.45, 7) is 0. The lowest BCUT2D eigenvalue weighted by Gasteiger charge is -2.24. The molecular weight excluding hydrogens is 154 g/mol. The van der Waals surface area contributed by atoms with Crippen LogP contribution in [0.2, 0.25) is 0 Å². The summed E-state index contributed by atoms with van der Waals surface area (Å²) >= 11 is 0. The van der Waals surface area contributed by atoms with Crippen LogP contribution < -0.4 is 5.32 Å². The van der Waals surface area contributed by atoms with Crippen molar-refractivity contribution in [2.75, 3.05) is 5.32 Å². The minimum absolute atomic E-state index is 0.0138. The number of hydrogen-bond acceptors (Lipinski definition) is 3. The lowest BCUT2D eigenvalue weighted by Crippen LogP contribution is -2.38. The van der Waals surface area contributed by atoms with Gasteiger partial charge in [-0.3, -0.25) is 9.48 Å². The average molecular weight is 165 g/mol. The van der Waals surface area contributed by atoms with Crippen LogP contribution in [-0.4, -0.2) is 21.6 Å². The van der Waals surface area contributed by atoms with Crippen molar-refractivity contribution < 1.29 is 4.79 Å². The molecule has 0 amide bonds. The highest BCUT2D eigenvalue weighted by Crippen LogP contribution is 2.18. The number of anilines is 1. The largest absolute Gasteiger partial charge is 0.359 e. The Labute approximate surface area is 70.6 Å². The quantitative estimate of drug-likeness (QED) is 0.696. The smallest absolute Gasteiger partial charge is 0.155 e. The first-order chi connectivity index (χ1) is 5.75. The minimum Gasteiger partial charge on any atom is -0.359 e. The molecule has 1 saturated carbocycles. The zero-order chi connectivity index (χ0) is 8.55. The van der Waals surface area contributed by atoms with Gasteiger partial charge in [0, 0.05) is 25.7 Å². The molecule has 64 valence electrons. The van der Waals surface area contributed by atoms with E-state index in [0.29, 0.717) is 12.2 Å². The molecule has 1 fully saturated rings. The molecule has 1 aromatic heterocycles. The van der Waals surface area contributed by atoms with Crippen molar-refractivity contribution >= 4 is 11.6 Å². The van der Waals surface area contributed by atoms with Crippen LogP contribution in [0.1, 0.15) is 12.8 Å². The lowest BCUT2D eigenvalue weighted by molar-refractivity contribution is -0.124. The first-order valence-corrected chi connectivity index (χ1v) is 4.04. The second kappa shape index (κ2) is 2.62. The van der Waals surface area contributed by atoms with Crippen LogP contribution >= 0.6 is 0 Å². The number of nitrogens with zero attached hydrogens (tertiary/aromatic N) is 2. The first-order valence-electron chi connectivity index (χ1n) is 4.04. The molecule has 1 unspecified atom stereocenters. The van der Waals surface area contributed by atoms with E-state index in [1.54, 1.807) is 4.68 Å². The zero-order valence-electron chi connectivity index (χ0n) is 6.95. The molecule has 0 aliphatic heterocycles. The Morgan fingerprint density at radius 3 is 3.00 bits per heavy atom. The topological polar surface area (TPSA) is 46.9 Å². The number of hydrogen-bond donors (Lipinski definition) is 1. The van der Waals surface area contributed by atoms with Gasteiger partial charge in [-0.25, -0.2) is 0 Å². The molecule has 0 bridgehead atoms. The van der Waals surface area contributed by atoms with Crippen molar-refractivity contribution in [3.05, 3.63) is 12.3 Å². The number of ketones is 1. The third-order valence-corrected chi connectivity index (χ3v) is 2.10. The molecule has 1 heterocycles. The molecule has 12 heavy (non-hydrogen) atoms. The predicted octanol–water partition coefficient (Wildman–Crippen LogP) is 0.563. The molecule has 1 N–H and O–H groups in total. The van der Waals surface area contributed by atoms with Crippen molar-refractivity contribution in [3.63, 3.8) is 0 Å². The highest BCUT2D eigenvalue weighted by molar-refractivity contribution is 5.91. The fraction of sp³-hybridized carbons (Fsp3) is 0.500. The van der Waals surface area contributed by atoms with Crippen LogP contribution in [0, 0.1) is 0 Å². The third-order valence-electron chi connectivity index (χ3n) is 2.10. The fourth-order valence-electron chi connectivity index (χ4n) is 1.23. The highest BCUT2D eigenvalue weighted by Gasteiger charge is 2.27. The van der Waals surface area contributed by atoms with Crippen molar-refractivity contribution in [3.8, 4) is 0 Å². The number of rotatable bonds is 2. The minimum atomic E-state index is 0.0138. The van der Waals surface area contributed by atoms with Gasteiger partial charge in [0.05, 0.1) is 6.04 Å². The van der Waals surface area contributed by atoms with Gasteiger partial charge in [0.25, 0.3) is 0 Å². The monoisotopic (exact) mass is 165 g/mol. The van der Waals surface area contributed by atoms with E-state index in [1.807, 2.05) is 19.3 Å². The van der Waals surface area contributed by atoms with Gasteiger partial charge < -0.3 is 5.32 Å². The molecule has 4 heteroatoms. The predicted molar refractivity (Wildman–Crippen MR) is 44.9 cm³/mol. The zero-order valence-corrected chi connectivity index (χ0v) is 6.95. The van der Waals surface area contributed by atoms with E-state index >= 15 is 0 Å². The molecule has 1 aliphatic carbocycles. The summed E-state index contributed by atoms with van der Waals surface area (Å²) in [4.78, 5) is 10.9. The van der Waals surface area contributed by atoms with E-state index in [2.05, 4.69) is 10.4 Å². The molecule has 2 rings (SSSR count). The Morgan fingerprint density at radius 2 is 2.58 bits per heavy atom. The summed E-state index contributed by atoms with van der Waals surface area (Å²) in [5.74, 6) is 1.08. The van der Waals surface area contributed by atoms with Crippen molar-refractivity contribution in [2.45, 2.75) is 18.9 Å². The number of carbonyl (C=O) groups excluding carboxylic acids is 1. The third kappa shape index (κ3) is 1.20. The van der Waals surface area contributed by atoms with Crippen LogP contribution in [0.15, 0.2) is 12.3 Å². The molecule has 4 nitrogen and oxygen atoms in total. The standard InChI is InChI=1S/C8H11N3O/c1-11-5-4-8(10-11)9-6-2-3-7(6)12/h4-6H,2-3H2,1H3,(H,9,10). The Hall–Kier alpha value is -1.32. The number of aryl methyl sites for hydroxylation is 1. The maximum absolute atomic E-state index is 10.9. The molecule has 0 radical (unpaired) electrons. The Kier molecular flexibility index (Phi) is 1.60. The van der Waals surface area contributed by atoms with Crippen LogP contribution in [-0.2, 0) is 11.8 Å². The van der Waals surface area contributed by atoms with Gasteiger partial charge in [0.1, 0.15) is 5.82 Å². The van der Waals surface area contributed by atoms with Gasteiger partial charge >= 0.3 is 0 Å². The summed E-state index contributed by atoms with van der Waals surface area (Å²) in [6, 6.07) is 1.88. The Balaban J connectivity index is 1.99. The van der Waals surface area contributed by atoms with Crippen molar-refractivity contribution in [2.24, 2.45) is 7.05 Å². The van der Waals surface area contributed by atoms with Crippen molar-refractivity contribution in [1.29, 1.82) is 0 Å². The van der Waals surface area contributed by atoms with E-state index < -0.39 is 0 Å². The molecule has 1 aliphatic rings. The summed E-state index contributed by atoms with van der Waals surface area (Å²) in [5.41, 5.74) is 0. The molecule has 0 spiro atoms. The number of Topliss-reactive ketones (excluding diaryl/α,β-unsaturated/α-hetero) is 1. The summed E-state index contributed by atoms with van der Waals surface area (Å²) < 4.78 is 1.71. The van der Waals surface area contributed by atoms with E-state index in [1.165, 1.54) is 0 Å². The number of nitrogens with one attached hydrogen (secondary N) is 1. The van der Waals surface area contributed by atoms with Crippen LogP contribution in [0.5, 0.6) is 0 Å². The van der Waals surface area contributed by atoms with Gasteiger partial charge in [-0.05, 0) is 6.42 Å². The highest BCUT2D eigenvalue weighted by atomic mass is 16.1. The number of aromatic nitrogens is 2. The molecule has 0 saturated heterocycles. The van der Waals surface area contributed by atoms with Gasteiger partial charge in [-0.15, -0.1) is 0 Å². The van der Waals surface area contributed by atoms with E-state index in [4.69, 9.17) is 0 Å². The van der Waals surface area contributed by atoms with Gasteiger partial charge in [-0.1, -0.05) is 0 Å². The second-order valence-electron chi connectivity index (χ2n) is 3.08. The fourth-order valence-corrected chi connectivity index (χ4v) is 1.23. The maximum atomic E-state index is 10.9. The van der Waals surface area contributed by atoms with Gasteiger partial charge in [0.2, 0.25) is 0 Å². The number of carbonyl (C=O) groups is 1. The molecule has 0 aromatic carbocycles. The lowest BCUT2D eigenvalue weighted by atomic mass is 9.91. The summed E-state index contributed by atoms with van der Waals surface area (Å²) in [6.07, 6.45) is 3.51. The first kappa shape index (κ1) is 7.34. The van der Waals surface area contributed by atoms with Crippen LogP contribution in [0.3, 0.4) is 0 Å². The molecule has 1 aromatic rings. The van der Waals surface area contributed by atoms with Gasteiger partial charge in [0.15, 0.2) is 5.78 Å². The maximum Gasteiger partial charge on any atom is 0.155 e. The van der Waals surface area contributed by atoms with E-state index in [0.717, 1.165) is 12.2 Å². The summed E-state index contributed by atoms with van der Waals surface area (Å²) in [7, 11) is 1.85. The Bertz CT molecular complexity index is 305. The van der Waals surface area contributed by atoms with E-state index in [-0.39, 0.29) is 6.04 Å². The Morgan fingerprint density at radius 1 is 1.75 bits per heavy atom. The SMILES string of the molecule is Cn1ccc(NC2CCC2=O)n1. The molecule has 1 atom stereocenters. The second-order valence-corrected chi connectivity index (χ2v) is 3.08. The molecular formula is C8H11N3O. The van der Waals surface area contributed by atoms with Crippen molar-refractivity contribution in [1.82, 2.24) is 9.78 Å².